The number of carbonyl (C=O) groups excluding carboxylic acids is 1. The molecule has 4 nitrogen and oxygen atoms in total. The topological polar surface area (TPSA) is 74.0 Å². The average Bonchev–Trinajstić information content (AvgIpc) is 3.03. The highest BCUT2D eigenvalue weighted by Crippen LogP contribution is 2.41. The van der Waals surface area contributed by atoms with E-state index in [4.69, 9.17) is 17.0 Å². The summed E-state index contributed by atoms with van der Waals surface area (Å²) in [6, 6.07) is 4.63. The third kappa shape index (κ3) is 2.74. The van der Waals surface area contributed by atoms with Crippen LogP contribution in [0.25, 0.3) is 6.08 Å². The summed E-state index contributed by atoms with van der Waals surface area (Å²) in [5, 5.41) is 20.9. The molecule has 2 aromatic rings. The van der Waals surface area contributed by atoms with Gasteiger partial charge in [0.25, 0.3) is 0 Å². The lowest BCUT2D eigenvalue weighted by Crippen LogP contribution is -2.11. The fourth-order valence-electron chi connectivity index (χ4n) is 1.97. The number of rotatable bonds is 2. The Labute approximate surface area is 134 Å². The molecule has 1 aliphatic heterocycles. The van der Waals surface area contributed by atoms with Crippen LogP contribution < -0.4 is 0 Å². The molecule has 0 unspecified atom stereocenters. The highest BCUT2D eigenvalue weighted by atomic mass is 35.5. The Kier molecular flexibility index (Phi) is 3.84. The molecule has 21 heavy (non-hydrogen) atoms. The Balaban J connectivity index is 1.97. The minimum atomic E-state index is -0.623. The van der Waals surface area contributed by atoms with Crippen molar-refractivity contribution in [1.29, 1.82) is 5.41 Å². The fourth-order valence-corrected chi connectivity index (χ4v) is 3.95. The van der Waals surface area contributed by atoms with Crippen LogP contribution in [0, 0.1) is 5.41 Å². The molecule has 1 atom stereocenters. The molecule has 0 saturated carbocycles. The molecule has 1 saturated heterocycles. The van der Waals surface area contributed by atoms with Gasteiger partial charge in [-0.05, 0) is 24.3 Å². The molecule has 2 N–H and O–H groups in total. The first kappa shape index (κ1) is 14.3. The van der Waals surface area contributed by atoms with Crippen LogP contribution in [0.5, 0.6) is 5.75 Å². The Morgan fingerprint density at radius 1 is 1.43 bits per heavy atom. The summed E-state index contributed by atoms with van der Waals surface area (Å²) in [5.74, 6) is -0.744. The number of hydrogen-bond donors (Lipinski definition) is 2. The molecular formula is C14H9ClN2O2S2. The summed E-state index contributed by atoms with van der Waals surface area (Å²) in [6.45, 7) is 0. The maximum atomic E-state index is 12.4. The van der Waals surface area contributed by atoms with Crippen molar-refractivity contribution in [3.05, 3.63) is 50.3 Å². The van der Waals surface area contributed by atoms with Crippen LogP contribution in [0.2, 0.25) is 5.02 Å². The zero-order valence-corrected chi connectivity index (χ0v) is 12.9. The van der Waals surface area contributed by atoms with Crippen LogP contribution in [-0.4, -0.2) is 20.9 Å². The lowest BCUT2D eigenvalue weighted by atomic mass is 10.0. The number of phenols is 1. The third-order valence-corrected chi connectivity index (χ3v) is 5.03. The molecule has 2 heterocycles. The number of aromatic nitrogens is 1. The highest BCUT2D eigenvalue weighted by molar-refractivity contribution is 8.19. The Bertz CT molecular complexity index is 756. The number of thiazole rings is 1. The van der Waals surface area contributed by atoms with Gasteiger partial charge in [0.1, 0.15) is 16.7 Å². The van der Waals surface area contributed by atoms with E-state index >= 15 is 0 Å². The standard InChI is InChI=1S/C14H9ClN2O2S2/c15-8-1-2-9(18)7(5-8)6-10-12(19)11(13(16)21-10)14-17-3-4-20-14/h1-6,11,16,18H/b10-6-,16-13?/t11-/m1/s1. The predicted molar refractivity (Wildman–Crippen MR) is 86.3 cm³/mol. The van der Waals surface area contributed by atoms with Crippen molar-refractivity contribution in [3.8, 4) is 5.75 Å². The maximum absolute atomic E-state index is 12.4. The molecule has 0 spiro atoms. The number of allylic oxidation sites excluding steroid dienone is 1. The largest absolute Gasteiger partial charge is 0.507 e. The van der Waals surface area contributed by atoms with Gasteiger partial charge in [-0.2, -0.15) is 0 Å². The van der Waals surface area contributed by atoms with E-state index < -0.39 is 5.92 Å². The molecule has 1 aromatic carbocycles. The van der Waals surface area contributed by atoms with Gasteiger partial charge in [0.15, 0.2) is 5.78 Å². The SMILES string of the molecule is N=C1S/C(=C\c2cc(Cl)ccc2O)C(=O)[C@H]1c1nccs1. The lowest BCUT2D eigenvalue weighted by Gasteiger charge is -2.02. The highest BCUT2D eigenvalue weighted by Gasteiger charge is 2.38. The average molecular weight is 337 g/mol. The first-order valence-corrected chi connectivity index (χ1v) is 8.04. The van der Waals surface area contributed by atoms with E-state index in [2.05, 4.69) is 4.98 Å². The molecular weight excluding hydrogens is 328 g/mol. The van der Waals surface area contributed by atoms with E-state index in [9.17, 15) is 9.90 Å². The van der Waals surface area contributed by atoms with Gasteiger partial charge in [-0.3, -0.25) is 10.2 Å². The number of hydrogen-bond acceptors (Lipinski definition) is 6. The van der Waals surface area contributed by atoms with Crippen molar-refractivity contribution in [2.24, 2.45) is 0 Å². The summed E-state index contributed by atoms with van der Waals surface area (Å²) in [5.41, 5.74) is 0.464. The molecule has 7 heteroatoms. The number of carbonyl (C=O) groups is 1. The number of ketones is 1. The molecule has 1 aliphatic rings. The van der Waals surface area contributed by atoms with E-state index in [-0.39, 0.29) is 16.6 Å². The van der Waals surface area contributed by atoms with Gasteiger partial charge in [0.2, 0.25) is 0 Å². The minimum Gasteiger partial charge on any atom is -0.507 e. The van der Waals surface area contributed by atoms with Crippen molar-refractivity contribution in [2.75, 3.05) is 0 Å². The number of halogens is 1. The van der Waals surface area contributed by atoms with Crippen LogP contribution in [0.3, 0.4) is 0 Å². The predicted octanol–water partition coefficient (Wildman–Crippen LogP) is 3.92. The van der Waals surface area contributed by atoms with Gasteiger partial charge < -0.3 is 5.11 Å². The van der Waals surface area contributed by atoms with Crippen molar-refractivity contribution in [1.82, 2.24) is 4.98 Å². The molecule has 0 radical (unpaired) electrons. The van der Waals surface area contributed by atoms with Crippen LogP contribution >= 0.6 is 34.7 Å². The monoisotopic (exact) mass is 336 g/mol. The number of benzene rings is 1. The van der Waals surface area contributed by atoms with E-state index in [0.29, 0.717) is 20.5 Å². The van der Waals surface area contributed by atoms with E-state index in [1.165, 1.54) is 17.4 Å². The summed E-state index contributed by atoms with van der Waals surface area (Å²) in [6.07, 6.45) is 3.19. The third-order valence-electron chi connectivity index (χ3n) is 2.96. The first-order chi connectivity index (χ1) is 10.1. The van der Waals surface area contributed by atoms with Gasteiger partial charge >= 0.3 is 0 Å². The number of nitrogens with zero attached hydrogens (tertiary/aromatic N) is 1. The molecule has 0 amide bonds. The van der Waals surface area contributed by atoms with Gasteiger partial charge in [0, 0.05) is 22.2 Å². The molecule has 1 fully saturated rings. The van der Waals surface area contributed by atoms with Gasteiger partial charge in [0.05, 0.1) is 9.95 Å². The van der Waals surface area contributed by atoms with Crippen LogP contribution in [-0.2, 0) is 4.79 Å². The normalized spacial score (nSPS) is 20.4. The Morgan fingerprint density at radius 2 is 2.24 bits per heavy atom. The second-order valence-electron chi connectivity index (χ2n) is 4.35. The second kappa shape index (κ2) is 5.63. The van der Waals surface area contributed by atoms with Crippen molar-refractivity contribution in [3.63, 3.8) is 0 Å². The first-order valence-electron chi connectivity index (χ1n) is 5.96. The van der Waals surface area contributed by atoms with Crippen molar-refractivity contribution >= 4 is 51.6 Å². The van der Waals surface area contributed by atoms with Gasteiger partial charge in [-0.25, -0.2) is 4.98 Å². The van der Waals surface area contributed by atoms with Gasteiger partial charge in [-0.15, -0.1) is 11.3 Å². The molecule has 0 aliphatic carbocycles. The number of Topliss-reactive ketones (excluding diaryl/α,β-unsaturated/α-hetero) is 1. The smallest absolute Gasteiger partial charge is 0.186 e. The Morgan fingerprint density at radius 3 is 2.95 bits per heavy atom. The maximum Gasteiger partial charge on any atom is 0.186 e. The van der Waals surface area contributed by atoms with E-state index in [1.54, 1.807) is 29.8 Å². The lowest BCUT2D eigenvalue weighted by molar-refractivity contribution is -0.114. The number of phenolic OH excluding ortho intramolecular Hbond substituents is 1. The number of thioether (sulfide) groups is 1. The van der Waals surface area contributed by atoms with E-state index in [1.807, 2.05) is 0 Å². The van der Waals surface area contributed by atoms with Crippen molar-refractivity contribution in [2.45, 2.75) is 5.92 Å². The van der Waals surface area contributed by atoms with E-state index in [0.717, 1.165) is 11.8 Å². The van der Waals surface area contributed by atoms with Crippen LogP contribution in [0.4, 0.5) is 0 Å². The Hall–Kier alpha value is -1.63. The summed E-state index contributed by atoms with van der Waals surface area (Å²) < 4.78 is 0. The van der Waals surface area contributed by atoms with Crippen LogP contribution in [0.1, 0.15) is 16.5 Å². The zero-order chi connectivity index (χ0) is 15.0. The quantitative estimate of drug-likeness (QED) is 0.815. The minimum absolute atomic E-state index is 0.0459. The van der Waals surface area contributed by atoms with Gasteiger partial charge in [-0.1, -0.05) is 23.4 Å². The molecule has 0 bridgehead atoms. The summed E-state index contributed by atoms with van der Waals surface area (Å²) >= 11 is 8.35. The fraction of sp³-hybridized carbons (Fsp3) is 0.0714. The van der Waals surface area contributed by atoms with Crippen LogP contribution in [0.15, 0.2) is 34.7 Å². The molecule has 1 aromatic heterocycles. The number of aromatic hydroxyl groups is 1. The summed E-state index contributed by atoms with van der Waals surface area (Å²) in [4.78, 5) is 17.0. The van der Waals surface area contributed by atoms with Crippen molar-refractivity contribution < 1.29 is 9.90 Å². The summed E-state index contributed by atoms with van der Waals surface area (Å²) in [7, 11) is 0. The molecule has 3 rings (SSSR count). The number of nitrogens with one attached hydrogen (secondary N) is 1. The zero-order valence-electron chi connectivity index (χ0n) is 10.5. The molecule has 106 valence electrons. The second-order valence-corrected chi connectivity index (χ2v) is 6.79.